The molecule has 1 aliphatic carbocycles. The Balaban J connectivity index is 1.66. The van der Waals surface area contributed by atoms with Gasteiger partial charge >= 0.3 is 0 Å². The molecule has 0 unspecified atom stereocenters. The van der Waals surface area contributed by atoms with E-state index in [1.54, 1.807) is 0 Å². The maximum Gasteiger partial charge on any atom is 0.148 e. The van der Waals surface area contributed by atoms with Gasteiger partial charge in [0, 0.05) is 25.7 Å². The normalized spacial score (nSPS) is 28.7. The first-order chi connectivity index (χ1) is 6.68. The Kier molecular flexibility index (Phi) is 3.07. The standard InChI is InChI=1S/C11H21FN2/c1-14-8-11(12,9-14)7-13-10-5-3-2-4-6-10/h10,13H,2-9H2,1H3. The zero-order chi connectivity index (χ0) is 10.0. The summed E-state index contributed by atoms with van der Waals surface area (Å²) in [6, 6.07) is 0.585. The Bertz CT molecular complexity index is 184. The lowest BCUT2D eigenvalue weighted by molar-refractivity contribution is -0.0163. The second-order valence-electron chi connectivity index (χ2n) is 5.04. The summed E-state index contributed by atoms with van der Waals surface area (Å²) in [6.45, 7) is 1.77. The summed E-state index contributed by atoms with van der Waals surface area (Å²) < 4.78 is 13.8. The van der Waals surface area contributed by atoms with Crippen molar-refractivity contribution < 1.29 is 4.39 Å². The Morgan fingerprint density at radius 1 is 1.29 bits per heavy atom. The third-order valence-corrected chi connectivity index (χ3v) is 3.42. The smallest absolute Gasteiger partial charge is 0.148 e. The van der Waals surface area contributed by atoms with Crippen molar-refractivity contribution in [1.29, 1.82) is 0 Å². The molecular weight excluding hydrogens is 179 g/mol. The molecule has 1 aliphatic heterocycles. The van der Waals surface area contributed by atoms with Gasteiger partial charge in [-0.3, -0.25) is 4.90 Å². The van der Waals surface area contributed by atoms with Gasteiger partial charge in [-0.2, -0.15) is 0 Å². The largest absolute Gasteiger partial charge is 0.311 e. The molecule has 0 aromatic heterocycles. The molecule has 0 radical (unpaired) electrons. The quantitative estimate of drug-likeness (QED) is 0.744. The second-order valence-corrected chi connectivity index (χ2v) is 5.04. The molecule has 2 fully saturated rings. The van der Waals surface area contributed by atoms with Crippen LogP contribution in [0, 0.1) is 0 Å². The molecule has 1 saturated carbocycles. The minimum atomic E-state index is -0.938. The van der Waals surface area contributed by atoms with E-state index in [0.29, 0.717) is 25.7 Å². The average molecular weight is 200 g/mol. The summed E-state index contributed by atoms with van der Waals surface area (Å²) in [5.74, 6) is 0. The first-order valence-corrected chi connectivity index (χ1v) is 5.79. The van der Waals surface area contributed by atoms with Crippen LogP contribution in [0.4, 0.5) is 4.39 Å². The third-order valence-electron chi connectivity index (χ3n) is 3.42. The van der Waals surface area contributed by atoms with E-state index in [0.717, 1.165) is 0 Å². The van der Waals surface area contributed by atoms with Crippen LogP contribution in [0.2, 0.25) is 0 Å². The van der Waals surface area contributed by atoms with E-state index in [9.17, 15) is 4.39 Å². The Hall–Kier alpha value is -0.150. The van der Waals surface area contributed by atoms with E-state index in [1.807, 2.05) is 11.9 Å². The van der Waals surface area contributed by atoms with Crippen molar-refractivity contribution in [3.05, 3.63) is 0 Å². The minimum absolute atomic E-state index is 0.558. The van der Waals surface area contributed by atoms with E-state index in [1.165, 1.54) is 32.1 Å². The Morgan fingerprint density at radius 3 is 2.50 bits per heavy atom. The van der Waals surface area contributed by atoms with Crippen molar-refractivity contribution in [3.63, 3.8) is 0 Å². The van der Waals surface area contributed by atoms with Crippen molar-refractivity contribution in [3.8, 4) is 0 Å². The van der Waals surface area contributed by atoms with Gasteiger partial charge in [0.1, 0.15) is 5.67 Å². The van der Waals surface area contributed by atoms with E-state index in [-0.39, 0.29) is 0 Å². The van der Waals surface area contributed by atoms with E-state index < -0.39 is 5.67 Å². The lowest BCUT2D eigenvalue weighted by Crippen LogP contribution is -2.62. The summed E-state index contributed by atoms with van der Waals surface area (Å²) in [7, 11) is 1.97. The molecule has 2 nitrogen and oxygen atoms in total. The predicted octanol–water partition coefficient (Wildman–Crippen LogP) is 1.56. The molecule has 0 aromatic carbocycles. The van der Waals surface area contributed by atoms with Gasteiger partial charge in [0.15, 0.2) is 0 Å². The van der Waals surface area contributed by atoms with Crippen LogP contribution in [0.5, 0.6) is 0 Å². The van der Waals surface area contributed by atoms with E-state index in [2.05, 4.69) is 5.32 Å². The highest BCUT2D eigenvalue weighted by Crippen LogP contribution is 2.24. The van der Waals surface area contributed by atoms with Crippen LogP contribution >= 0.6 is 0 Å². The molecule has 0 bridgehead atoms. The second kappa shape index (κ2) is 4.15. The number of nitrogens with one attached hydrogen (secondary N) is 1. The molecule has 2 rings (SSSR count). The maximum atomic E-state index is 13.8. The van der Waals surface area contributed by atoms with Crippen LogP contribution in [-0.2, 0) is 0 Å². The van der Waals surface area contributed by atoms with Gasteiger partial charge in [0.2, 0.25) is 0 Å². The van der Waals surface area contributed by atoms with E-state index >= 15 is 0 Å². The SMILES string of the molecule is CN1CC(F)(CNC2CCCCC2)C1. The first kappa shape index (κ1) is 10.4. The topological polar surface area (TPSA) is 15.3 Å². The fourth-order valence-electron chi connectivity index (χ4n) is 2.67. The molecular formula is C11H21FN2. The third kappa shape index (κ3) is 2.45. The Morgan fingerprint density at radius 2 is 1.93 bits per heavy atom. The molecule has 1 saturated heterocycles. The highest BCUT2D eigenvalue weighted by molar-refractivity contribution is 4.96. The highest BCUT2D eigenvalue weighted by atomic mass is 19.1. The van der Waals surface area contributed by atoms with Crippen LogP contribution < -0.4 is 5.32 Å². The number of hydrogen-bond donors (Lipinski definition) is 1. The van der Waals surface area contributed by atoms with Gasteiger partial charge in [0.25, 0.3) is 0 Å². The summed E-state index contributed by atoms with van der Waals surface area (Å²) in [4.78, 5) is 2.03. The molecule has 14 heavy (non-hydrogen) atoms. The van der Waals surface area contributed by atoms with Gasteiger partial charge in [-0.25, -0.2) is 4.39 Å². The number of rotatable bonds is 3. The van der Waals surface area contributed by atoms with Crippen LogP contribution in [0.3, 0.4) is 0 Å². The van der Waals surface area contributed by atoms with Crippen molar-refractivity contribution in [2.45, 2.75) is 43.8 Å². The number of nitrogens with zero attached hydrogens (tertiary/aromatic N) is 1. The average Bonchev–Trinajstić information content (AvgIpc) is 2.15. The highest BCUT2D eigenvalue weighted by Gasteiger charge is 2.41. The predicted molar refractivity (Wildman–Crippen MR) is 56.2 cm³/mol. The minimum Gasteiger partial charge on any atom is -0.311 e. The molecule has 0 spiro atoms. The zero-order valence-electron chi connectivity index (χ0n) is 9.06. The van der Waals surface area contributed by atoms with Gasteiger partial charge in [-0.05, 0) is 19.9 Å². The summed E-state index contributed by atoms with van der Waals surface area (Å²) in [6.07, 6.45) is 6.48. The fourth-order valence-corrected chi connectivity index (χ4v) is 2.67. The number of alkyl halides is 1. The molecule has 1 N–H and O–H groups in total. The Labute approximate surface area is 85.9 Å². The summed E-state index contributed by atoms with van der Waals surface area (Å²) in [5.41, 5.74) is -0.938. The number of likely N-dealkylation sites (tertiary alicyclic amines) is 1. The van der Waals surface area contributed by atoms with Gasteiger partial charge < -0.3 is 5.32 Å². The van der Waals surface area contributed by atoms with Gasteiger partial charge in [-0.15, -0.1) is 0 Å². The van der Waals surface area contributed by atoms with Crippen LogP contribution in [0.1, 0.15) is 32.1 Å². The number of hydrogen-bond acceptors (Lipinski definition) is 2. The van der Waals surface area contributed by atoms with Gasteiger partial charge in [0.05, 0.1) is 0 Å². The lowest BCUT2D eigenvalue weighted by atomic mass is 9.93. The fraction of sp³-hybridized carbons (Fsp3) is 1.00. The summed E-state index contributed by atoms with van der Waals surface area (Å²) in [5, 5.41) is 3.38. The van der Waals surface area contributed by atoms with Crippen LogP contribution in [-0.4, -0.2) is 43.3 Å². The monoisotopic (exact) mass is 200 g/mol. The van der Waals surface area contributed by atoms with Crippen molar-refractivity contribution in [2.24, 2.45) is 0 Å². The number of halogens is 1. The summed E-state index contributed by atoms with van der Waals surface area (Å²) >= 11 is 0. The molecule has 0 amide bonds. The van der Waals surface area contributed by atoms with Crippen LogP contribution in [0.25, 0.3) is 0 Å². The molecule has 3 heteroatoms. The van der Waals surface area contributed by atoms with Crippen molar-refractivity contribution >= 4 is 0 Å². The molecule has 82 valence electrons. The lowest BCUT2D eigenvalue weighted by Gasteiger charge is -2.43. The molecule has 1 heterocycles. The molecule has 0 aromatic rings. The van der Waals surface area contributed by atoms with Crippen molar-refractivity contribution in [2.75, 3.05) is 26.7 Å². The van der Waals surface area contributed by atoms with Gasteiger partial charge in [-0.1, -0.05) is 19.3 Å². The zero-order valence-corrected chi connectivity index (χ0v) is 9.06. The molecule has 2 aliphatic rings. The maximum absolute atomic E-state index is 13.8. The molecule has 0 atom stereocenters. The van der Waals surface area contributed by atoms with E-state index in [4.69, 9.17) is 0 Å². The first-order valence-electron chi connectivity index (χ1n) is 5.79. The van der Waals surface area contributed by atoms with Crippen molar-refractivity contribution in [1.82, 2.24) is 10.2 Å². The van der Waals surface area contributed by atoms with Crippen LogP contribution in [0.15, 0.2) is 0 Å².